The zero-order valence-electron chi connectivity index (χ0n) is 17.5. The number of hydrogen-bond donors (Lipinski definition) is 2. The second kappa shape index (κ2) is 10.5. The van der Waals surface area contributed by atoms with Gasteiger partial charge in [-0.2, -0.15) is 0 Å². The summed E-state index contributed by atoms with van der Waals surface area (Å²) in [6.07, 6.45) is 1.76. The Bertz CT molecular complexity index is 854. The number of likely N-dealkylation sites (tertiary alicyclic amines) is 1. The average Bonchev–Trinajstić information content (AvgIpc) is 2.92. The molecule has 3 amide bonds. The quantitative estimate of drug-likeness (QED) is 0.726. The van der Waals surface area contributed by atoms with Crippen molar-refractivity contribution >= 4 is 17.6 Å². The number of carbonyl (C=O) groups excluding carboxylic acids is 2. The van der Waals surface area contributed by atoms with E-state index >= 15 is 0 Å². The number of hydrogen-bond acceptors (Lipinski definition) is 4. The number of methoxy groups -OCH3 is 1. The van der Waals surface area contributed by atoms with E-state index in [1.54, 1.807) is 19.2 Å². The molecule has 160 valence electrons. The summed E-state index contributed by atoms with van der Waals surface area (Å²) >= 11 is 0. The van der Waals surface area contributed by atoms with E-state index in [0.29, 0.717) is 44.6 Å². The molecule has 3 rings (SSSR count). The highest BCUT2D eigenvalue weighted by Crippen LogP contribution is 2.19. The van der Waals surface area contributed by atoms with Crippen molar-refractivity contribution in [2.45, 2.75) is 38.8 Å². The van der Waals surface area contributed by atoms with E-state index in [2.05, 4.69) is 10.6 Å². The third-order valence-corrected chi connectivity index (χ3v) is 5.07. The minimum Gasteiger partial charge on any atom is -0.497 e. The number of ether oxygens (including phenoxy) is 2. The number of anilines is 1. The van der Waals surface area contributed by atoms with Crippen LogP contribution >= 0.6 is 0 Å². The van der Waals surface area contributed by atoms with Crippen LogP contribution in [0.4, 0.5) is 10.5 Å². The summed E-state index contributed by atoms with van der Waals surface area (Å²) in [5, 5.41) is 5.83. The first-order chi connectivity index (χ1) is 14.6. The first kappa shape index (κ1) is 21.5. The number of carbonyl (C=O) groups is 2. The molecule has 30 heavy (non-hydrogen) atoms. The maximum Gasteiger partial charge on any atom is 0.319 e. The van der Waals surface area contributed by atoms with Crippen molar-refractivity contribution in [2.24, 2.45) is 0 Å². The van der Waals surface area contributed by atoms with Crippen molar-refractivity contribution in [3.8, 4) is 11.5 Å². The van der Waals surface area contributed by atoms with Crippen molar-refractivity contribution in [3.05, 3.63) is 54.1 Å². The van der Waals surface area contributed by atoms with Crippen LogP contribution in [0.3, 0.4) is 0 Å². The van der Waals surface area contributed by atoms with Crippen molar-refractivity contribution in [1.29, 1.82) is 0 Å². The lowest BCUT2D eigenvalue weighted by molar-refractivity contribution is -0.131. The molecule has 1 heterocycles. The maximum atomic E-state index is 12.5. The largest absolute Gasteiger partial charge is 0.497 e. The van der Waals surface area contributed by atoms with Gasteiger partial charge >= 0.3 is 6.03 Å². The molecular formula is C23H29N3O4. The van der Waals surface area contributed by atoms with Crippen LogP contribution in [0.1, 0.15) is 31.7 Å². The summed E-state index contributed by atoms with van der Waals surface area (Å²) in [6.45, 7) is 3.67. The summed E-state index contributed by atoms with van der Waals surface area (Å²) in [4.78, 5) is 26.7. The van der Waals surface area contributed by atoms with Gasteiger partial charge in [-0.3, -0.25) is 4.79 Å². The first-order valence-corrected chi connectivity index (χ1v) is 10.3. The molecule has 1 unspecified atom stereocenters. The molecule has 1 atom stereocenters. The zero-order chi connectivity index (χ0) is 21.3. The molecule has 7 nitrogen and oxygen atoms in total. The third-order valence-electron chi connectivity index (χ3n) is 5.07. The Kier molecular flexibility index (Phi) is 7.54. The standard InChI is InChI=1S/C23H29N3O4/c1-3-30-20-10-7-18(8-11-20)24-23(28)25-19-9-12-22(27)26(14-13-19)16-17-5-4-6-21(15-17)29-2/h4-8,10-11,15,19H,3,9,12-14,16H2,1-2H3,(H2,24,25,28). The number of urea groups is 1. The van der Waals surface area contributed by atoms with Gasteiger partial charge in [-0.25, -0.2) is 4.79 Å². The van der Waals surface area contributed by atoms with Crippen LogP contribution < -0.4 is 20.1 Å². The van der Waals surface area contributed by atoms with Gasteiger partial charge in [0, 0.05) is 31.2 Å². The van der Waals surface area contributed by atoms with E-state index in [1.165, 1.54) is 0 Å². The second-order valence-corrected chi connectivity index (χ2v) is 7.25. The van der Waals surface area contributed by atoms with Gasteiger partial charge < -0.3 is 25.0 Å². The molecule has 7 heteroatoms. The van der Waals surface area contributed by atoms with Crippen molar-refractivity contribution in [2.75, 3.05) is 25.6 Å². The van der Waals surface area contributed by atoms with Crippen LogP contribution in [0.15, 0.2) is 48.5 Å². The molecule has 2 N–H and O–H groups in total. The van der Waals surface area contributed by atoms with Crippen LogP contribution in [-0.4, -0.2) is 43.1 Å². The minimum atomic E-state index is -0.266. The van der Waals surface area contributed by atoms with E-state index in [0.717, 1.165) is 17.1 Å². The van der Waals surface area contributed by atoms with Gasteiger partial charge in [0.2, 0.25) is 5.91 Å². The summed E-state index contributed by atoms with van der Waals surface area (Å²) < 4.78 is 10.7. The van der Waals surface area contributed by atoms with Gasteiger partial charge in [-0.05, 0) is 61.7 Å². The Morgan fingerprint density at radius 2 is 1.93 bits per heavy atom. The monoisotopic (exact) mass is 411 g/mol. The predicted molar refractivity (Wildman–Crippen MR) is 116 cm³/mol. The number of nitrogens with zero attached hydrogens (tertiary/aromatic N) is 1. The van der Waals surface area contributed by atoms with Crippen LogP contribution in [0.5, 0.6) is 11.5 Å². The van der Waals surface area contributed by atoms with Crippen molar-refractivity contribution < 1.29 is 19.1 Å². The Morgan fingerprint density at radius 1 is 1.13 bits per heavy atom. The highest BCUT2D eigenvalue weighted by molar-refractivity contribution is 5.89. The van der Waals surface area contributed by atoms with Crippen LogP contribution in [0.2, 0.25) is 0 Å². The molecule has 0 aromatic heterocycles. The molecule has 1 aliphatic heterocycles. The molecule has 2 aromatic rings. The Hall–Kier alpha value is -3.22. The lowest BCUT2D eigenvalue weighted by atomic mass is 10.1. The lowest BCUT2D eigenvalue weighted by Crippen LogP contribution is -2.38. The zero-order valence-corrected chi connectivity index (χ0v) is 17.5. The molecule has 0 spiro atoms. The van der Waals surface area contributed by atoms with E-state index in [1.807, 2.05) is 48.2 Å². The fraction of sp³-hybridized carbons (Fsp3) is 0.391. The molecule has 2 aromatic carbocycles. The smallest absolute Gasteiger partial charge is 0.319 e. The van der Waals surface area contributed by atoms with Crippen LogP contribution in [0.25, 0.3) is 0 Å². The summed E-state index contributed by atoms with van der Waals surface area (Å²) in [7, 11) is 1.63. The number of benzene rings is 2. The summed E-state index contributed by atoms with van der Waals surface area (Å²) in [5.74, 6) is 1.65. The van der Waals surface area contributed by atoms with E-state index in [9.17, 15) is 9.59 Å². The van der Waals surface area contributed by atoms with Gasteiger partial charge in [0.1, 0.15) is 11.5 Å². The Labute approximate surface area is 177 Å². The SMILES string of the molecule is CCOc1ccc(NC(=O)NC2CCC(=O)N(Cc3cccc(OC)c3)CC2)cc1. The topological polar surface area (TPSA) is 79.9 Å². The maximum absolute atomic E-state index is 12.5. The number of rotatable bonds is 7. The molecular weight excluding hydrogens is 382 g/mol. The average molecular weight is 412 g/mol. The van der Waals surface area contributed by atoms with Crippen molar-refractivity contribution in [1.82, 2.24) is 10.2 Å². The highest BCUT2D eigenvalue weighted by atomic mass is 16.5. The normalized spacial score (nSPS) is 16.5. The molecule has 0 bridgehead atoms. The first-order valence-electron chi connectivity index (χ1n) is 10.3. The lowest BCUT2D eigenvalue weighted by Gasteiger charge is -2.21. The fourth-order valence-corrected chi connectivity index (χ4v) is 3.49. The minimum absolute atomic E-state index is 0.0491. The van der Waals surface area contributed by atoms with Gasteiger partial charge in [0.05, 0.1) is 13.7 Å². The third kappa shape index (κ3) is 6.14. The summed E-state index contributed by atoms with van der Waals surface area (Å²) in [5.41, 5.74) is 1.72. The predicted octanol–water partition coefficient (Wildman–Crippen LogP) is 3.80. The second-order valence-electron chi connectivity index (χ2n) is 7.25. The van der Waals surface area contributed by atoms with Gasteiger partial charge in [0.25, 0.3) is 0 Å². The number of amides is 3. The van der Waals surface area contributed by atoms with Crippen LogP contribution in [-0.2, 0) is 11.3 Å². The highest BCUT2D eigenvalue weighted by Gasteiger charge is 2.23. The molecule has 0 aliphatic carbocycles. The molecule has 1 aliphatic rings. The van der Waals surface area contributed by atoms with E-state index in [4.69, 9.17) is 9.47 Å². The fourth-order valence-electron chi connectivity index (χ4n) is 3.49. The van der Waals surface area contributed by atoms with Crippen LogP contribution in [0, 0.1) is 0 Å². The van der Waals surface area contributed by atoms with Gasteiger partial charge in [0.15, 0.2) is 0 Å². The molecule has 1 fully saturated rings. The van der Waals surface area contributed by atoms with Gasteiger partial charge in [-0.15, -0.1) is 0 Å². The summed E-state index contributed by atoms with van der Waals surface area (Å²) in [6, 6.07) is 14.7. The number of nitrogens with one attached hydrogen (secondary N) is 2. The van der Waals surface area contributed by atoms with Crippen molar-refractivity contribution in [3.63, 3.8) is 0 Å². The molecule has 0 radical (unpaired) electrons. The van der Waals surface area contributed by atoms with Gasteiger partial charge in [-0.1, -0.05) is 12.1 Å². The Morgan fingerprint density at radius 3 is 2.67 bits per heavy atom. The Balaban J connectivity index is 1.51. The van der Waals surface area contributed by atoms with E-state index < -0.39 is 0 Å². The molecule has 0 saturated carbocycles. The van der Waals surface area contributed by atoms with E-state index in [-0.39, 0.29) is 18.0 Å². The molecule has 1 saturated heterocycles.